The van der Waals surface area contributed by atoms with E-state index in [-0.39, 0.29) is 29.5 Å². The van der Waals surface area contributed by atoms with Crippen LogP contribution in [0.2, 0.25) is 0 Å². The Morgan fingerprint density at radius 3 is 2.33 bits per heavy atom. The Bertz CT molecular complexity index is 1030. The number of piperazine rings is 1. The van der Waals surface area contributed by atoms with Crippen molar-refractivity contribution in [1.82, 2.24) is 4.31 Å². The molecule has 1 saturated heterocycles. The summed E-state index contributed by atoms with van der Waals surface area (Å²) in [7, 11) is -3.87. The van der Waals surface area contributed by atoms with Gasteiger partial charge in [-0.15, -0.1) is 11.3 Å². The van der Waals surface area contributed by atoms with Gasteiger partial charge < -0.3 is 10.0 Å². The molecule has 1 aromatic heterocycles. The Balaban J connectivity index is 1.85. The van der Waals surface area contributed by atoms with Crippen molar-refractivity contribution >= 4 is 27.0 Å². The smallest absolute Gasteiger partial charge is 0.385 e. The SMILES string of the molecule is C[C@@H]1CN(c2ccc(F)cc2C(F)(F)F)CCN1S(=O)(=O)c1ccc(C(C)(C)O)s1. The lowest BCUT2D eigenvalue weighted by Crippen LogP contribution is -2.54. The summed E-state index contributed by atoms with van der Waals surface area (Å²) in [6.45, 7) is 4.76. The summed E-state index contributed by atoms with van der Waals surface area (Å²) in [5.74, 6) is -0.986. The predicted molar refractivity (Wildman–Crippen MR) is 107 cm³/mol. The third-order valence-corrected chi connectivity index (χ3v) is 8.80. The minimum atomic E-state index is -4.73. The summed E-state index contributed by atoms with van der Waals surface area (Å²) in [6, 6.07) is 4.85. The first-order valence-corrected chi connectivity index (χ1v) is 11.4. The van der Waals surface area contributed by atoms with Crippen LogP contribution in [-0.4, -0.2) is 43.5 Å². The fourth-order valence-corrected chi connectivity index (χ4v) is 6.48. The van der Waals surface area contributed by atoms with Crippen LogP contribution in [-0.2, 0) is 21.8 Å². The maximum absolute atomic E-state index is 13.4. The number of anilines is 1. The van der Waals surface area contributed by atoms with E-state index in [9.17, 15) is 31.1 Å². The van der Waals surface area contributed by atoms with Gasteiger partial charge in [-0.1, -0.05) is 0 Å². The molecular formula is C19H22F4N2O3S2. The minimum Gasteiger partial charge on any atom is -0.385 e. The maximum atomic E-state index is 13.4. The van der Waals surface area contributed by atoms with Crippen LogP contribution in [0.3, 0.4) is 0 Å². The molecule has 11 heteroatoms. The number of aliphatic hydroxyl groups is 1. The van der Waals surface area contributed by atoms with Gasteiger partial charge in [-0.3, -0.25) is 0 Å². The van der Waals surface area contributed by atoms with Gasteiger partial charge in [0.15, 0.2) is 0 Å². The highest BCUT2D eigenvalue weighted by Gasteiger charge is 2.39. The molecule has 166 valence electrons. The van der Waals surface area contributed by atoms with Gasteiger partial charge in [0.2, 0.25) is 0 Å². The van der Waals surface area contributed by atoms with Crippen LogP contribution in [0.1, 0.15) is 31.2 Å². The Hall–Kier alpha value is -1.69. The Labute approximate surface area is 176 Å². The number of alkyl halides is 3. The van der Waals surface area contributed by atoms with Gasteiger partial charge in [0.25, 0.3) is 10.0 Å². The quantitative estimate of drug-likeness (QED) is 0.692. The summed E-state index contributed by atoms with van der Waals surface area (Å²) in [5, 5.41) is 10.1. The van der Waals surface area contributed by atoms with Crippen molar-refractivity contribution < 1.29 is 31.1 Å². The highest BCUT2D eigenvalue weighted by Crippen LogP contribution is 2.38. The van der Waals surface area contributed by atoms with Crippen LogP contribution in [0.15, 0.2) is 34.5 Å². The summed E-state index contributed by atoms with van der Waals surface area (Å²) >= 11 is 0.963. The lowest BCUT2D eigenvalue weighted by Gasteiger charge is -2.40. The summed E-state index contributed by atoms with van der Waals surface area (Å²) < 4.78 is 80.9. The first-order valence-electron chi connectivity index (χ1n) is 9.17. The minimum absolute atomic E-state index is 0.0199. The van der Waals surface area contributed by atoms with Gasteiger partial charge in [-0.25, -0.2) is 12.8 Å². The summed E-state index contributed by atoms with van der Waals surface area (Å²) in [4.78, 5) is 1.92. The van der Waals surface area contributed by atoms with Crippen LogP contribution in [0.25, 0.3) is 0 Å². The molecule has 0 bridgehead atoms. The van der Waals surface area contributed by atoms with E-state index in [1.807, 2.05) is 0 Å². The normalized spacial score (nSPS) is 19.3. The Morgan fingerprint density at radius 2 is 1.80 bits per heavy atom. The van der Waals surface area contributed by atoms with Gasteiger partial charge in [0.05, 0.1) is 11.2 Å². The molecule has 2 aromatic rings. The van der Waals surface area contributed by atoms with Crippen LogP contribution >= 0.6 is 11.3 Å². The lowest BCUT2D eigenvalue weighted by atomic mass is 10.1. The third kappa shape index (κ3) is 4.48. The zero-order valence-electron chi connectivity index (χ0n) is 16.6. The van der Waals surface area contributed by atoms with E-state index in [0.717, 1.165) is 23.5 Å². The zero-order chi connectivity index (χ0) is 22.5. The second kappa shape index (κ2) is 7.77. The van der Waals surface area contributed by atoms with Crippen molar-refractivity contribution in [3.8, 4) is 0 Å². The largest absolute Gasteiger partial charge is 0.418 e. The molecule has 0 spiro atoms. The second-order valence-corrected chi connectivity index (χ2v) is 10.9. The van der Waals surface area contributed by atoms with Crippen molar-refractivity contribution in [2.45, 2.75) is 42.8 Å². The molecule has 1 fully saturated rings. The summed E-state index contributed by atoms with van der Waals surface area (Å²) in [5.41, 5.74) is -2.44. The number of nitrogens with zero attached hydrogens (tertiary/aromatic N) is 2. The molecular weight excluding hydrogens is 444 g/mol. The molecule has 0 unspecified atom stereocenters. The molecule has 0 aliphatic carbocycles. The molecule has 0 radical (unpaired) electrons. The van der Waals surface area contributed by atoms with Gasteiger partial charge in [0.1, 0.15) is 10.0 Å². The molecule has 2 heterocycles. The number of thiophene rings is 1. The van der Waals surface area contributed by atoms with Crippen LogP contribution in [0.4, 0.5) is 23.2 Å². The van der Waals surface area contributed by atoms with Crippen molar-refractivity contribution in [3.63, 3.8) is 0 Å². The molecule has 1 aliphatic rings. The van der Waals surface area contributed by atoms with E-state index in [1.54, 1.807) is 26.8 Å². The first kappa shape index (κ1) is 23.0. The van der Waals surface area contributed by atoms with Crippen LogP contribution in [0, 0.1) is 5.82 Å². The maximum Gasteiger partial charge on any atom is 0.418 e. The van der Waals surface area contributed by atoms with E-state index >= 15 is 0 Å². The number of rotatable bonds is 4. The van der Waals surface area contributed by atoms with Gasteiger partial charge in [0, 0.05) is 36.2 Å². The molecule has 1 N–H and O–H groups in total. The van der Waals surface area contributed by atoms with E-state index in [1.165, 1.54) is 15.3 Å². The lowest BCUT2D eigenvalue weighted by molar-refractivity contribution is -0.137. The molecule has 1 aliphatic heterocycles. The molecule has 0 amide bonds. The number of halogens is 4. The first-order chi connectivity index (χ1) is 13.7. The molecule has 3 rings (SSSR count). The number of sulfonamides is 1. The third-order valence-electron chi connectivity index (χ3n) is 4.92. The number of benzene rings is 1. The van der Waals surface area contributed by atoms with Crippen molar-refractivity contribution in [2.24, 2.45) is 0 Å². The topological polar surface area (TPSA) is 60.9 Å². The van der Waals surface area contributed by atoms with Gasteiger partial charge >= 0.3 is 6.18 Å². The van der Waals surface area contributed by atoms with Gasteiger partial charge in [-0.2, -0.15) is 17.5 Å². The highest BCUT2D eigenvalue weighted by atomic mass is 32.2. The van der Waals surface area contributed by atoms with E-state index in [4.69, 9.17) is 0 Å². The fraction of sp³-hybridized carbons (Fsp3) is 0.474. The molecule has 30 heavy (non-hydrogen) atoms. The fourth-order valence-electron chi connectivity index (χ4n) is 3.43. The molecule has 5 nitrogen and oxygen atoms in total. The monoisotopic (exact) mass is 466 g/mol. The number of hydrogen-bond donors (Lipinski definition) is 1. The van der Waals surface area contributed by atoms with Gasteiger partial charge in [-0.05, 0) is 51.1 Å². The second-order valence-electron chi connectivity index (χ2n) is 7.75. The Morgan fingerprint density at radius 1 is 1.13 bits per heavy atom. The van der Waals surface area contributed by atoms with Crippen molar-refractivity contribution in [3.05, 3.63) is 46.6 Å². The van der Waals surface area contributed by atoms with Crippen LogP contribution < -0.4 is 4.90 Å². The molecule has 1 atom stereocenters. The van der Waals surface area contributed by atoms with Crippen molar-refractivity contribution in [2.75, 3.05) is 24.5 Å². The van der Waals surface area contributed by atoms with E-state index < -0.39 is 39.2 Å². The zero-order valence-corrected chi connectivity index (χ0v) is 18.2. The Kier molecular flexibility index (Phi) is 5.96. The molecule has 1 aromatic carbocycles. The van der Waals surface area contributed by atoms with Crippen molar-refractivity contribution in [1.29, 1.82) is 0 Å². The van der Waals surface area contributed by atoms with Crippen LogP contribution in [0.5, 0.6) is 0 Å². The van der Waals surface area contributed by atoms with E-state index in [2.05, 4.69) is 0 Å². The predicted octanol–water partition coefficient (Wildman–Crippen LogP) is 4.03. The average Bonchev–Trinajstić information content (AvgIpc) is 3.12. The number of hydrogen-bond acceptors (Lipinski definition) is 5. The molecule has 0 saturated carbocycles. The summed E-state index contributed by atoms with van der Waals surface area (Å²) in [6.07, 6.45) is -4.73. The average molecular weight is 467 g/mol. The highest BCUT2D eigenvalue weighted by molar-refractivity contribution is 7.91. The van der Waals surface area contributed by atoms with E-state index in [0.29, 0.717) is 10.9 Å². The standard InChI is InChI=1S/C19H22F4N2O3S2/c1-12-11-24(15-5-4-13(20)10-14(15)19(21,22)23)8-9-25(12)30(27,28)17-7-6-16(29-17)18(2,3)26/h4-7,10,12,26H,8-9,11H2,1-3H3/t12-/m1/s1.